The predicted molar refractivity (Wildman–Crippen MR) is 82.9 cm³/mol. The van der Waals surface area contributed by atoms with E-state index in [2.05, 4.69) is 15.3 Å². The summed E-state index contributed by atoms with van der Waals surface area (Å²) in [5, 5.41) is 2.86. The van der Waals surface area contributed by atoms with E-state index in [1.54, 1.807) is 30.3 Å². The van der Waals surface area contributed by atoms with Crippen molar-refractivity contribution in [3.63, 3.8) is 0 Å². The Hall–Kier alpha value is -2.37. The predicted octanol–water partition coefficient (Wildman–Crippen LogP) is 2.63. The smallest absolute Gasteiger partial charge is 0.317 e. The molecule has 2 amide bonds. The van der Waals surface area contributed by atoms with Crippen LogP contribution < -0.4 is 5.32 Å². The fourth-order valence-corrected chi connectivity index (χ4v) is 2.12. The Labute approximate surface area is 129 Å². The molecule has 118 valence electrons. The summed E-state index contributed by atoms with van der Waals surface area (Å²) in [5.41, 5.74) is 2.04. The van der Waals surface area contributed by atoms with Gasteiger partial charge in [-0.2, -0.15) is 0 Å². The lowest BCUT2D eigenvalue weighted by molar-refractivity contribution is 0.206. The first-order valence-corrected chi connectivity index (χ1v) is 7.28. The summed E-state index contributed by atoms with van der Waals surface area (Å²) in [7, 11) is 1.73. The molecule has 0 saturated heterocycles. The van der Waals surface area contributed by atoms with Crippen LogP contribution in [0.1, 0.15) is 23.5 Å². The molecule has 2 aromatic rings. The maximum Gasteiger partial charge on any atom is 0.317 e. The minimum absolute atomic E-state index is 0.131. The molecule has 0 atom stereocenters. The number of rotatable bonds is 6. The molecule has 2 N–H and O–H groups in total. The third-order valence-electron chi connectivity index (χ3n) is 3.32. The second-order valence-corrected chi connectivity index (χ2v) is 5.33. The molecule has 1 heterocycles. The molecule has 0 aliphatic rings. The van der Waals surface area contributed by atoms with Gasteiger partial charge in [-0.15, -0.1) is 0 Å². The van der Waals surface area contributed by atoms with E-state index in [4.69, 9.17) is 0 Å². The van der Waals surface area contributed by atoms with Crippen molar-refractivity contribution in [1.82, 2.24) is 20.2 Å². The number of aromatic amines is 1. The van der Waals surface area contributed by atoms with E-state index in [0.717, 1.165) is 29.9 Å². The van der Waals surface area contributed by atoms with Crippen LogP contribution in [0, 0.1) is 12.7 Å². The van der Waals surface area contributed by atoms with Crippen LogP contribution in [0.5, 0.6) is 0 Å². The molecule has 0 bridgehead atoms. The highest BCUT2D eigenvalue weighted by Crippen LogP contribution is 2.05. The van der Waals surface area contributed by atoms with E-state index in [-0.39, 0.29) is 11.8 Å². The summed E-state index contributed by atoms with van der Waals surface area (Å²) in [4.78, 5) is 20.8. The number of imidazole rings is 1. The number of nitrogens with zero attached hydrogens (tertiary/aromatic N) is 2. The van der Waals surface area contributed by atoms with Crippen molar-refractivity contribution in [3.8, 4) is 0 Å². The Kier molecular flexibility index (Phi) is 5.52. The fraction of sp³-hybridized carbons (Fsp3) is 0.375. The van der Waals surface area contributed by atoms with Crippen molar-refractivity contribution in [3.05, 3.63) is 53.4 Å². The third kappa shape index (κ3) is 4.87. The number of urea groups is 1. The molecule has 0 aliphatic heterocycles. The lowest BCUT2D eigenvalue weighted by atomic mass is 10.1. The zero-order chi connectivity index (χ0) is 15.9. The first-order valence-electron chi connectivity index (χ1n) is 7.28. The summed E-state index contributed by atoms with van der Waals surface area (Å²) >= 11 is 0. The first-order chi connectivity index (χ1) is 10.5. The fourth-order valence-electron chi connectivity index (χ4n) is 2.12. The van der Waals surface area contributed by atoms with Crippen molar-refractivity contribution in [2.45, 2.75) is 26.3 Å². The summed E-state index contributed by atoms with van der Waals surface area (Å²) in [5.74, 6) is 0.535. The van der Waals surface area contributed by atoms with Crippen molar-refractivity contribution in [2.24, 2.45) is 0 Å². The zero-order valence-corrected chi connectivity index (χ0v) is 12.9. The molecular weight excluding hydrogens is 283 g/mol. The summed E-state index contributed by atoms with van der Waals surface area (Å²) in [6.45, 7) is 2.95. The van der Waals surface area contributed by atoms with Crippen molar-refractivity contribution < 1.29 is 9.18 Å². The minimum Gasteiger partial charge on any atom is -0.345 e. The molecule has 6 heteroatoms. The van der Waals surface area contributed by atoms with E-state index in [9.17, 15) is 9.18 Å². The monoisotopic (exact) mass is 304 g/mol. The minimum atomic E-state index is -0.230. The average Bonchev–Trinajstić information content (AvgIpc) is 2.90. The number of carbonyl (C=O) groups is 1. The Balaban J connectivity index is 1.67. The topological polar surface area (TPSA) is 61.0 Å². The Morgan fingerprint density at radius 2 is 2.09 bits per heavy atom. The Morgan fingerprint density at radius 1 is 1.36 bits per heavy atom. The van der Waals surface area contributed by atoms with Gasteiger partial charge in [0.05, 0.1) is 6.54 Å². The van der Waals surface area contributed by atoms with Crippen LogP contribution in [-0.4, -0.2) is 34.5 Å². The van der Waals surface area contributed by atoms with Crippen molar-refractivity contribution in [2.75, 3.05) is 13.6 Å². The number of hydrogen-bond donors (Lipinski definition) is 2. The van der Waals surface area contributed by atoms with Crippen LogP contribution >= 0.6 is 0 Å². The van der Waals surface area contributed by atoms with Crippen LogP contribution in [0.3, 0.4) is 0 Å². The normalized spacial score (nSPS) is 10.5. The lowest BCUT2D eigenvalue weighted by Crippen LogP contribution is -2.37. The van der Waals surface area contributed by atoms with Crippen molar-refractivity contribution in [1.29, 1.82) is 0 Å². The van der Waals surface area contributed by atoms with Gasteiger partial charge in [-0.3, -0.25) is 0 Å². The molecule has 0 saturated carbocycles. The van der Waals surface area contributed by atoms with E-state index in [1.165, 1.54) is 12.1 Å². The highest BCUT2D eigenvalue weighted by Gasteiger charge is 2.09. The molecule has 0 aliphatic carbocycles. The average molecular weight is 304 g/mol. The van der Waals surface area contributed by atoms with Gasteiger partial charge in [0.25, 0.3) is 0 Å². The molecule has 0 spiro atoms. The molecule has 1 aromatic carbocycles. The number of nitrogens with one attached hydrogen (secondary N) is 2. The highest BCUT2D eigenvalue weighted by molar-refractivity contribution is 5.73. The maximum atomic E-state index is 12.8. The summed E-state index contributed by atoms with van der Waals surface area (Å²) in [6.07, 6.45) is 3.36. The van der Waals surface area contributed by atoms with Gasteiger partial charge in [0.2, 0.25) is 0 Å². The Morgan fingerprint density at radius 3 is 2.73 bits per heavy atom. The molecule has 0 radical (unpaired) electrons. The number of carbonyl (C=O) groups excluding carboxylic acids is 1. The van der Waals surface area contributed by atoms with E-state index < -0.39 is 0 Å². The maximum absolute atomic E-state index is 12.8. The largest absolute Gasteiger partial charge is 0.345 e. The van der Waals surface area contributed by atoms with Gasteiger partial charge in [-0.25, -0.2) is 14.2 Å². The molecule has 0 fully saturated rings. The van der Waals surface area contributed by atoms with Gasteiger partial charge < -0.3 is 15.2 Å². The number of amides is 2. The standard InChI is InChI=1S/C16H21FN4O/c1-12-10-19-15(20-12)11-21(2)16(22)18-9-3-4-13-5-7-14(17)8-6-13/h5-8,10H,3-4,9,11H2,1-2H3,(H,18,22)(H,19,20). The van der Waals surface area contributed by atoms with Crippen LogP contribution in [0.15, 0.2) is 30.5 Å². The quantitative estimate of drug-likeness (QED) is 0.806. The molecular formula is C16H21FN4O. The molecule has 22 heavy (non-hydrogen) atoms. The first kappa shape index (κ1) is 16.0. The third-order valence-corrected chi connectivity index (χ3v) is 3.32. The second-order valence-electron chi connectivity index (χ2n) is 5.33. The van der Waals surface area contributed by atoms with Crippen LogP contribution in [0.4, 0.5) is 9.18 Å². The van der Waals surface area contributed by atoms with Gasteiger partial charge in [0.1, 0.15) is 11.6 Å². The zero-order valence-electron chi connectivity index (χ0n) is 12.9. The van der Waals surface area contributed by atoms with E-state index in [1.807, 2.05) is 6.92 Å². The van der Waals surface area contributed by atoms with Crippen LogP contribution in [0.25, 0.3) is 0 Å². The number of H-pyrrole nitrogens is 1. The van der Waals surface area contributed by atoms with Crippen LogP contribution in [-0.2, 0) is 13.0 Å². The van der Waals surface area contributed by atoms with Gasteiger partial charge >= 0.3 is 6.03 Å². The van der Waals surface area contributed by atoms with Gasteiger partial charge in [0.15, 0.2) is 0 Å². The summed E-state index contributed by atoms with van der Waals surface area (Å²) < 4.78 is 12.8. The number of aromatic nitrogens is 2. The number of benzene rings is 1. The van der Waals surface area contributed by atoms with Crippen LogP contribution in [0.2, 0.25) is 0 Å². The van der Waals surface area contributed by atoms with E-state index >= 15 is 0 Å². The van der Waals surface area contributed by atoms with Crippen molar-refractivity contribution >= 4 is 6.03 Å². The van der Waals surface area contributed by atoms with Gasteiger partial charge in [-0.1, -0.05) is 12.1 Å². The molecule has 1 aromatic heterocycles. The highest BCUT2D eigenvalue weighted by atomic mass is 19.1. The molecule has 0 unspecified atom stereocenters. The Bertz CT molecular complexity index is 609. The number of hydrogen-bond acceptors (Lipinski definition) is 2. The summed E-state index contributed by atoms with van der Waals surface area (Å²) in [6, 6.07) is 6.30. The number of aryl methyl sites for hydroxylation is 2. The van der Waals surface area contributed by atoms with E-state index in [0.29, 0.717) is 13.1 Å². The molecule has 2 rings (SSSR count). The van der Waals surface area contributed by atoms with Gasteiger partial charge in [0, 0.05) is 25.5 Å². The number of halogens is 1. The SMILES string of the molecule is Cc1cnc(CN(C)C(=O)NCCCc2ccc(F)cc2)[nH]1. The lowest BCUT2D eigenvalue weighted by Gasteiger charge is -2.16. The second kappa shape index (κ2) is 7.59. The van der Waals surface area contributed by atoms with Gasteiger partial charge in [-0.05, 0) is 37.5 Å². The molecule has 5 nitrogen and oxygen atoms in total.